The van der Waals surface area contributed by atoms with Crippen LogP contribution < -0.4 is 5.32 Å². The molecule has 1 aliphatic carbocycles. The lowest BCUT2D eigenvalue weighted by atomic mass is 9.84. The zero-order valence-corrected chi connectivity index (χ0v) is 17.2. The Hall–Kier alpha value is -2.24. The monoisotopic (exact) mass is 389 g/mol. The number of aryl methyl sites for hydroxylation is 1. The highest BCUT2D eigenvalue weighted by atomic mass is 19.3. The lowest BCUT2D eigenvalue weighted by Crippen LogP contribution is -2.16. The Morgan fingerprint density at radius 3 is 2.64 bits per heavy atom. The fourth-order valence-corrected chi connectivity index (χ4v) is 4.35. The van der Waals surface area contributed by atoms with Crippen LogP contribution in [0.3, 0.4) is 0 Å². The molecule has 3 rings (SSSR count). The van der Waals surface area contributed by atoms with Gasteiger partial charge in [0.2, 0.25) is 0 Å². The number of amides is 1. The van der Waals surface area contributed by atoms with Crippen molar-refractivity contribution < 1.29 is 13.6 Å². The van der Waals surface area contributed by atoms with Gasteiger partial charge in [0.05, 0.1) is 5.56 Å². The molecule has 1 heterocycles. The summed E-state index contributed by atoms with van der Waals surface area (Å²) >= 11 is 0. The van der Waals surface area contributed by atoms with Crippen LogP contribution in [0.5, 0.6) is 0 Å². The van der Waals surface area contributed by atoms with Crippen molar-refractivity contribution in [1.29, 1.82) is 0 Å². The van der Waals surface area contributed by atoms with Crippen molar-refractivity contribution in [3.63, 3.8) is 0 Å². The van der Waals surface area contributed by atoms with Crippen molar-refractivity contribution in [1.82, 2.24) is 9.78 Å². The topological polar surface area (TPSA) is 46.9 Å². The van der Waals surface area contributed by atoms with Gasteiger partial charge in [-0.1, -0.05) is 46.2 Å². The number of alkyl halides is 2. The van der Waals surface area contributed by atoms with E-state index >= 15 is 0 Å². The number of carbonyl (C=O) groups excluding carboxylic acids is 1. The maximum absolute atomic E-state index is 13.2. The molecule has 4 nitrogen and oxygen atoms in total. The molecule has 0 fully saturated rings. The normalized spacial score (nSPS) is 21.4. The van der Waals surface area contributed by atoms with Crippen molar-refractivity contribution in [3.8, 4) is 0 Å². The quantitative estimate of drug-likeness (QED) is 0.670. The number of benzene rings is 1. The maximum atomic E-state index is 13.2. The first kappa shape index (κ1) is 20.5. The second-order valence-corrected chi connectivity index (χ2v) is 8.39. The van der Waals surface area contributed by atoms with Gasteiger partial charge in [-0.15, -0.1) is 0 Å². The minimum Gasteiger partial charge on any atom is -0.322 e. The molecular weight excluding hydrogens is 360 g/mol. The van der Waals surface area contributed by atoms with E-state index in [9.17, 15) is 13.6 Å². The van der Waals surface area contributed by atoms with Crippen LogP contribution in [0.1, 0.15) is 86.0 Å². The highest BCUT2D eigenvalue weighted by Crippen LogP contribution is 2.51. The second-order valence-electron chi connectivity index (χ2n) is 8.39. The Labute approximate surface area is 165 Å². The van der Waals surface area contributed by atoms with Crippen LogP contribution in [0.4, 0.5) is 14.5 Å². The van der Waals surface area contributed by atoms with Crippen LogP contribution in [-0.2, 0) is 7.05 Å². The summed E-state index contributed by atoms with van der Waals surface area (Å²) in [7, 11) is 1.54. The molecule has 0 saturated carbocycles. The van der Waals surface area contributed by atoms with Crippen LogP contribution in [-0.4, -0.2) is 15.7 Å². The third-order valence-electron chi connectivity index (χ3n) is 6.04. The Morgan fingerprint density at radius 2 is 2.00 bits per heavy atom. The summed E-state index contributed by atoms with van der Waals surface area (Å²) in [5, 5.41) is 6.64. The average molecular weight is 389 g/mol. The largest absolute Gasteiger partial charge is 0.322 e. The SMILES string of the molecule is CC(C)CCC1c2c(NC(=O)c3cn(C)nc3C(F)F)cccc2C(C)[C@@H]1C. The number of nitrogens with zero attached hydrogens (tertiary/aromatic N) is 2. The summed E-state index contributed by atoms with van der Waals surface area (Å²) in [5.74, 6) is 1.30. The van der Waals surface area contributed by atoms with Crippen LogP contribution in [0.25, 0.3) is 0 Å². The molecule has 28 heavy (non-hydrogen) atoms. The van der Waals surface area contributed by atoms with E-state index in [-0.39, 0.29) is 5.56 Å². The van der Waals surface area contributed by atoms with E-state index in [0.29, 0.717) is 23.7 Å². The first-order valence-corrected chi connectivity index (χ1v) is 9.96. The molecule has 1 aliphatic rings. The number of fused-ring (bicyclic) bond motifs is 1. The van der Waals surface area contributed by atoms with E-state index in [1.54, 1.807) is 0 Å². The molecule has 1 aromatic carbocycles. The van der Waals surface area contributed by atoms with Gasteiger partial charge in [-0.3, -0.25) is 9.48 Å². The lowest BCUT2D eigenvalue weighted by Gasteiger charge is -2.21. The number of rotatable bonds is 6. The van der Waals surface area contributed by atoms with Crippen molar-refractivity contribution in [2.75, 3.05) is 5.32 Å². The predicted molar refractivity (Wildman–Crippen MR) is 107 cm³/mol. The third-order valence-corrected chi connectivity index (χ3v) is 6.04. The highest BCUT2D eigenvalue weighted by Gasteiger charge is 2.37. The first-order valence-electron chi connectivity index (χ1n) is 9.96. The maximum Gasteiger partial charge on any atom is 0.282 e. The number of hydrogen-bond donors (Lipinski definition) is 1. The number of anilines is 1. The number of carbonyl (C=O) groups is 1. The molecule has 3 atom stereocenters. The van der Waals surface area contributed by atoms with Crippen LogP contribution in [0, 0.1) is 11.8 Å². The minimum atomic E-state index is -2.79. The summed E-state index contributed by atoms with van der Waals surface area (Å²) in [6.45, 7) is 8.91. The van der Waals surface area contributed by atoms with Gasteiger partial charge in [-0.2, -0.15) is 5.10 Å². The Kier molecular flexibility index (Phi) is 5.87. The molecule has 1 N–H and O–H groups in total. The number of aromatic nitrogens is 2. The number of hydrogen-bond acceptors (Lipinski definition) is 2. The smallest absolute Gasteiger partial charge is 0.282 e. The average Bonchev–Trinajstić information content (AvgIpc) is 3.14. The van der Waals surface area contributed by atoms with Gasteiger partial charge in [0, 0.05) is 18.9 Å². The number of nitrogens with one attached hydrogen (secondary N) is 1. The van der Waals surface area contributed by atoms with Crippen molar-refractivity contribution >= 4 is 11.6 Å². The van der Waals surface area contributed by atoms with E-state index < -0.39 is 18.0 Å². The van der Waals surface area contributed by atoms with Gasteiger partial charge in [-0.25, -0.2) is 8.78 Å². The fraction of sp³-hybridized carbons (Fsp3) is 0.545. The Balaban J connectivity index is 1.94. The molecule has 152 valence electrons. The summed E-state index contributed by atoms with van der Waals surface area (Å²) in [4.78, 5) is 12.8. The van der Waals surface area contributed by atoms with Gasteiger partial charge in [0.25, 0.3) is 12.3 Å². The highest BCUT2D eigenvalue weighted by molar-refractivity contribution is 6.05. The Bertz CT molecular complexity index is 859. The Morgan fingerprint density at radius 1 is 1.29 bits per heavy atom. The molecule has 0 bridgehead atoms. The van der Waals surface area contributed by atoms with E-state index in [2.05, 4.69) is 44.2 Å². The van der Waals surface area contributed by atoms with E-state index in [1.807, 2.05) is 12.1 Å². The minimum absolute atomic E-state index is 0.0760. The summed E-state index contributed by atoms with van der Waals surface area (Å²) in [5.41, 5.74) is 2.59. The van der Waals surface area contributed by atoms with Crippen molar-refractivity contribution in [3.05, 3.63) is 46.8 Å². The first-order chi connectivity index (χ1) is 13.2. The molecule has 0 aliphatic heterocycles. The lowest BCUT2D eigenvalue weighted by molar-refractivity contribution is 0.101. The van der Waals surface area contributed by atoms with Gasteiger partial charge in [0.15, 0.2) is 0 Å². The zero-order valence-electron chi connectivity index (χ0n) is 17.2. The molecule has 2 aromatic rings. The second kappa shape index (κ2) is 8.02. The number of halogens is 2. The third kappa shape index (κ3) is 3.82. The van der Waals surface area contributed by atoms with Crippen LogP contribution in [0.15, 0.2) is 24.4 Å². The van der Waals surface area contributed by atoms with E-state index in [0.717, 1.165) is 18.5 Å². The molecular formula is C22H29F2N3O. The zero-order chi connectivity index (χ0) is 20.6. The van der Waals surface area contributed by atoms with Crippen molar-refractivity contribution in [2.45, 2.75) is 58.8 Å². The summed E-state index contributed by atoms with van der Waals surface area (Å²) in [6, 6.07) is 5.93. The summed E-state index contributed by atoms with van der Waals surface area (Å²) < 4.78 is 27.7. The van der Waals surface area contributed by atoms with Gasteiger partial charge < -0.3 is 5.32 Å². The molecule has 0 saturated heterocycles. The van der Waals surface area contributed by atoms with E-state index in [4.69, 9.17) is 0 Å². The molecule has 0 spiro atoms. The molecule has 6 heteroatoms. The standard InChI is InChI=1S/C22H29F2N3O/c1-12(2)9-10-16-14(4)13(3)15-7-6-8-18(19(15)16)25-22(28)17-11-27(5)26-20(17)21(23)24/h6-8,11-14,16,21H,9-10H2,1-5H3,(H,25,28)/t13?,14-,16?/m0/s1. The molecule has 0 radical (unpaired) electrons. The van der Waals surface area contributed by atoms with Gasteiger partial charge in [0.1, 0.15) is 5.69 Å². The van der Waals surface area contributed by atoms with Crippen LogP contribution in [0.2, 0.25) is 0 Å². The van der Waals surface area contributed by atoms with Crippen LogP contribution >= 0.6 is 0 Å². The molecule has 1 amide bonds. The molecule has 2 unspecified atom stereocenters. The summed E-state index contributed by atoms with van der Waals surface area (Å²) in [6.07, 6.45) is 0.726. The van der Waals surface area contributed by atoms with Gasteiger partial charge >= 0.3 is 0 Å². The fourth-order valence-electron chi connectivity index (χ4n) is 4.35. The van der Waals surface area contributed by atoms with Gasteiger partial charge in [-0.05, 0) is 47.3 Å². The van der Waals surface area contributed by atoms with Crippen molar-refractivity contribution in [2.24, 2.45) is 18.9 Å². The molecule has 1 aromatic heterocycles. The van der Waals surface area contributed by atoms with E-state index in [1.165, 1.54) is 29.1 Å². The predicted octanol–water partition coefficient (Wildman–Crippen LogP) is 5.88.